The van der Waals surface area contributed by atoms with Gasteiger partial charge in [-0.25, -0.2) is 15.0 Å². The van der Waals surface area contributed by atoms with Crippen LogP contribution in [0, 0.1) is 0 Å². The maximum atomic E-state index is 5.60. The second-order valence-electron chi connectivity index (χ2n) is 4.68. The Hall–Kier alpha value is -2.47. The van der Waals surface area contributed by atoms with Crippen LogP contribution in [0.5, 0.6) is 0 Å². The lowest BCUT2D eigenvalue weighted by atomic mass is 10.1. The van der Waals surface area contributed by atoms with Crippen molar-refractivity contribution < 1.29 is 0 Å². The number of imidazole rings is 1. The first-order chi connectivity index (χ1) is 9.78. The van der Waals surface area contributed by atoms with Gasteiger partial charge in [0, 0.05) is 20.1 Å². The number of rotatable bonds is 4. The summed E-state index contributed by atoms with van der Waals surface area (Å²) in [7, 11) is 2.00. The zero-order chi connectivity index (χ0) is 13.9. The molecule has 0 saturated heterocycles. The van der Waals surface area contributed by atoms with Crippen molar-refractivity contribution in [2.24, 2.45) is 5.73 Å². The summed E-state index contributed by atoms with van der Waals surface area (Å²) in [6.45, 7) is 1.33. The molecule has 0 aliphatic carbocycles. The first kappa shape index (κ1) is 12.6. The lowest BCUT2D eigenvalue weighted by molar-refractivity contribution is 0.896. The highest BCUT2D eigenvalue weighted by molar-refractivity contribution is 5.82. The van der Waals surface area contributed by atoms with Crippen LogP contribution in [0.4, 0.5) is 5.82 Å². The average Bonchev–Trinajstić information content (AvgIpc) is 2.96. The van der Waals surface area contributed by atoms with E-state index in [9.17, 15) is 0 Å². The topological polar surface area (TPSA) is 83.7 Å². The highest BCUT2D eigenvalue weighted by Gasteiger charge is 2.10. The van der Waals surface area contributed by atoms with Gasteiger partial charge in [0.25, 0.3) is 0 Å². The predicted molar refractivity (Wildman–Crippen MR) is 78.1 cm³/mol. The molecule has 102 valence electrons. The Morgan fingerprint density at radius 1 is 1.10 bits per heavy atom. The number of benzene rings is 1. The van der Waals surface area contributed by atoms with Gasteiger partial charge in [-0.1, -0.05) is 24.3 Å². The van der Waals surface area contributed by atoms with Crippen molar-refractivity contribution in [2.75, 3.05) is 11.9 Å². The van der Waals surface area contributed by atoms with Gasteiger partial charge in [0.05, 0.1) is 6.33 Å². The molecule has 0 atom stereocenters. The highest BCUT2D eigenvalue weighted by Crippen LogP contribution is 2.20. The van der Waals surface area contributed by atoms with E-state index >= 15 is 0 Å². The van der Waals surface area contributed by atoms with Crippen molar-refractivity contribution >= 4 is 17.0 Å². The molecule has 0 spiro atoms. The first-order valence-electron chi connectivity index (χ1n) is 6.41. The maximum absolute atomic E-state index is 5.60. The summed E-state index contributed by atoms with van der Waals surface area (Å²) >= 11 is 0. The molecular formula is C14H16N6. The third-order valence-corrected chi connectivity index (χ3v) is 3.24. The Labute approximate surface area is 116 Å². The van der Waals surface area contributed by atoms with Gasteiger partial charge in [0.15, 0.2) is 11.5 Å². The molecule has 1 aromatic carbocycles. The number of aromatic nitrogens is 4. The quantitative estimate of drug-likeness (QED) is 0.748. The van der Waals surface area contributed by atoms with Gasteiger partial charge in [-0.05, 0) is 11.1 Å². The average molecular weight is 268 g/mol. The number of aromatic amines is 1. The van der Waals surface area contributed by atoms with Gasteiger partial charge in [-0.3, -0.25) is 0 Å². The van der Waals surface area contributed by atoms with Gasteiger partial charge in [0.1, 0.15) is 11.8 Å². The van der Waals surface area contributed by atoms with E-state index in [2.05, 4.69) is 49.1 Å². The van der Waals surface area contributed by atoms with Crippen molar-refractivity contribution in [1.29, 1.82) is 0 Å². The predicted octanol–water partition coefficient (Wildman–Crippen LogP) is 1.45. The number of hydrogen-bond acceptors (Lipinski definition) is 5. The monoisotopic (exact) mass is 268 g/mol. The Kier molecular flexibility index (Phi) is 3.30. The summed E-state index contributed by atoms with van der Waals surface area (Å²) in [5, 5.41) is 0. The lowest BCUT2D eigenvalue weighted by Crippen LogP contribution is -2.18. The van der Waals surface area contributed by atoms with Gasteiger partial charge < -0.3 is 15.6 Å². The molecular weight excluding hydrogens is 252 g/mol. The van der Waals surface area contributed by atoms with Crippen molar-refractivity contribution in [3.63, 3.8) is 0 Å². The van der Waals surface area contributed by atoms with Crippen LogP contribution in [0.25, 0.3) is 11.2 Å². The fourth-order valence-corrected chi connectivity index (χ4v) is 2.17. The number of nitrogens with zero attached hydrogens (tertiary/aromatic N) is 4. The molecule has 0 bridgehead atoms. The Morgan fingerprint density at radius 2 is 1.85 bits per heavy atom. The summed E-state index contributed by atoms with van der Waals surface area (Å²) in [6.07, 6.45) is 3.17. The van der Waals surface area contributed by atoms with Gasteiger partial charge in [-0.15, -0.1) is 0 Å². The van der Waals surface area contributed by atoms with Crippen LogP contribution < -0.4 is 10.6 Å². The number of fused-ring (bicyclic) bond motifs is 1. The summed E-state index contributed by atoms with van der Waals surface area (Å²) in [6, 6.07) is 8.28. The molecule has 3 N–H and O–H groups in total. The number of anilines is 1. The van der Waals surface area contributed by atoms with Crippen LogP contribution in [0.15, 0.2) is 36.9 Å². The highest BCUT2D eigenvalue weighted by atomic mass is 15.2. The van der Waals surface area contributed by atoms with E-state index in [1.807, 2.05) is 7.05 Å². The second-order valence-corrected chi connectivity index (χ2v) is 4.68. The third-order valence-electron chi connectivity index (χ3n) is 3.24. The van der Waals surface area contributed by atoms with E-state index in [-0.39, 0.29) is 0 Å². The van der Waals surface area contributed by atoms with E-state index in [1.165, 1.54) is 11.9 Å². The van der Waals surface area contributed by atoms with Crippen LogP contribution >= 0.6 is 0 Å². The van der Waals surface area contributed by atoms with Crippen molar-refractivity contribution in [3.05, 3.63) is 48.0 Å². The first-order valence-corrected chi connectivity index (χ1v) is 6.41. The van der Waals surface area contributed by atoms with Crippen LogP contribution in [-0.4, -0.2) is 27.0 Å². The fourth-order valence-electron chi connectivity index (χ4n) is 2.17. The van der Waals surface area contributed by atoms with Gasteiger partial charge in [-0.2, -0.15) is 0 Å². The van der Waals surface area contributed by atoms with Gasteiger partial charge in [0.2, 0.25) is 0 Å². The molecule has 0 fully saturated rings. The molecule has 6 nitrogen and oxygen atoms in total. The third kappa shape index (κ3) is 2.33. The zero-order valence-electron chi connectivity index (χ0n) is 11.2. The molecule has 0 radical (unpaired) electrons. The van der Waals surface area contributed by atoms with Crippen molar-refractivity contribution in [1.82, 2.24) is 19.9 Å². The summed E-state index contributed by atoms with van der Waals surface area (Å²) in [5.41, 5.74) is 9.48. The number of H-pyrrole nitrogens is 1. The normalized spacial score (nSPS) is 10.9. The van der Waals surface area contributed by atoms with E-state index in [4.69, 9.17) is 5.73 Å². The molecule has 0 unspecified atom stereocenters. The SMILES string of the molecule is CN(Cc1ccc(CN)cc1)c1ncnc2nc[nH]c12. The molecule has 3 rings (SSSR count). The molecule has 20 heavy (non-hydrogen) atoms. The maximum Gasteiger partial charge on any atom is 0.182 e. The molecule has 0 amide bonds. The molecule has 3 aromatic rings. The zero-order valence-corrected chi connectivity index (χ0v) is 11.2. The van der Waals surface area contributed by atoms with Crippen molar-refractivity contribution in [3.8, 4) is 0 Å². The van der Waals surface area contributed by atoms with E-state index in [0.717, 1.165) is 23.4 Å². The summed E-state index contributed by atoms with van der Waals surface area (Å²) in [5.74, 6) is 0.843. The molecule has 2 heterocycles. The van der Waals surface area contributed by atoms with Crippen molar-refractivity contribution in [2.45, 2.75) is 13.1 Å². The van der Waals surface area contributed by atoms with Crippen LogP contribution in [-0.2, 0) is 13.1 Å². The molecule has 0 saturated carbocycles. The second kappa shape index (κ2) is 5.26. The van der Waals surface area contributed by atoms with E-state index < -0.39 is 0 Å². The minimum absolute atomic E-state index is 0.566. The van der Waals surface area contributed by atoms with Gasteiger partial charge >= 0.3 is 0 Å². The molecule has 0 aliphatic rings. The number of nitrogens with two attached hydrogens (primary N) is 1. The minimum atomic E-state index is 0.566. The van der Waals surface area contributed by atoms with Crippen LogP contribution in [0.1, 0.15) is 11.1 Å². The van der Waals surface area contributed by atoms with E-state index in [1.54, 1.807) is 6.33 Å². The smallest absolute Gasteiger partial charge is 0.182 e. The minimum Gasteiger partial charge on any atom is -0.353 e. The lowest BCUT2D eigenvalue weighted by Gasteiger charge is -2.18. The Bertz CT molecular complexity index is 703. The van der Waals surface area contributed by atoms with E-state index in [0.29, 0.717) is 12.2 Å². The van der Waals surface area contributed by atoms with Crippen LogP contribution in [0.3, 0.4) is 0 Å². The molecule has 2 aromatic heterocycles. The number of nitrogens with one attached hydrogen (secondary N) is 1. The number of hydrogen-bond donors (Lipinski definition) is 2. The van der Waals surface area contributed by atoms with Crippen LogP contribution in [0.2, 0.25) is 0 Å². The fraction of sp³-hybridized carbons (Fsp3) is 0.214. The molecule has 6 heteroatoms. The summed E-state index contributed by atoms with van der Waals surface area (Å²) in [4.78, 5) is 17.7. The standard InChI is InChI=1S/C14H16N6/c1-20(7-11-4-2-10(6-15)3-5-11)14-12-13(17-8-16-12)18-9-19-14/h2-5,8-9H,6-7,15H2,1H3,(H,16,17,18,19). The largest absolute Gasteiger partial charge is 0.353 e. The Balaban J connectivity index is 1.84. The molecule has 0 aliphatic heterocycles. The Morgan fingerprint density at radius 3 is 2.60 bits per heavy atom. The summed E-state index contributed by atoms with van der Waals surface area (Å²) < 4.78 is 0.